The van der Waals surface area contributed by atoms with Gasteiger partial charge in [0.25, 0.3) is 0 Å². The van der Waals surface area contributed by atoms with Gasteiger partial charge in [-0.05, 0) is 41.3 Å². The Labute approximate surface area is 136 Å². The van der Waals surface area contributed by atoms with Crippen molar-refractivity contribution in [3.05, 3.63) is 58.3 Å². The van der Waals surface area contributed by atoms with Crippen molar-refractivity contribution in [2.45, 2.75) is 38.1 Å². The van der Waals surface area contributed by atoms with Gasteiger partial charge < -0.3 is 10.4 Å². The van der Waals surface area contributed by atoms with E-state index in [4.69, 9.17) is 0 Å². The van der Waals surface area contributed by atoms with E-state index in [0.29, 0.717) is 12.1 Å². The first-order valence-electron chi connectivity index (χ1n) is 7.94. The van der Waals surface area contributed by atoms with E-state index in [1.165, 1.54) is 11.1 Å². The van der Waals surface area contributed by atoms with Crippen LogP contribution in [0.4, 0.5) is 0 Å². The van der Waals surface area contributed by atoms with Gasteiger partial charge in [0.1, 0.15) is 0 Å². The summed E-state index contributed by atoms with van der Waals surface area (Å²) in [5.74, 6) is 0. The highest BCUT2D eigenvalue weighted by molar-refractivity contribution is 7.07. The summed E-state index contributed by atoms with van der Waals surface area (Å²) in [6.45, 7) is 4.81. The molecule has 3 atom stereocenters. The fraction of sp³-hybridized carbons (Fsp3) is 0.444. The van der Waals surface area contributed by atoms with Crippen molar-refractivity contribution >= 4 is 11.3 Å². The Bertz CT molecular complexity index is 558. The highest BCUT2D eigenvalue weighted by atomic mass is 32.1. The number of thiophene rings is 1. The number of nitrogens with one attached hydrogen (secondary N) is 1. The Morgan fingerprint density at radius 2 is 2.14 bits per heavy atom. The summed E-state index contributed by atoms with van der Waals surface area (Å²) in [5.41, 5.74) is 2.66. The molecule has 1 aliphatic heterocycles. The molecule has 1 aromatic carbocycles. The van der Waals surface area contributed by atoms with Gasteiger partial charge in [-0.1, -0.05) is 30.3 Å². The fourth-order valence-electron chi connectivity index (χ4n) is 3.13. The number of aliphatic hydroxyl groups excluding tert-OH is 1. The van der Waals surface area contributed by atoms with Crippen LogP contribution in [-0.4, -0.2) is 35.2 Å². The Hall–Kier alpha value is -1.20. The minimum absolute atomic E-state index is 0.202. The molecule has 1 aromatic heterocycles. The van der Waals surface area contributed by atoms with Crippen LogP contribution in [0.2, 0.25) is 0 Å². The van der Waals surface area contributed by atoms with Crippen molar-refractivity contribution < 1.29 is 5.11 Å². The van der Waals surface area contributed by atoms with Crippen LogP contribution in [0.25, 0.3) is 0 Å². The van der Waals surface area contributed by atoms with E-state index in [0.717, 1.165) is 26.1 Å². The third-order valence-corrected chi connectivity index (χ3v) is 5.14. The first-order chi connectivity index (χ1) is 10.7. The molecule has 4 heteroatoms. The van der Waals surface area contributed by atoms with E-state index in [-0.39, 0.29) is 6.10 Å². The molecular formula is C18H24N2OS. The van der Waals surface area contributed by atoms with Gasteiger partial charge >= 0.3 is 0 Å². The van der Waals surface area contributed by atoms with Crippen molar-refractivity contribution in [1.29, 1.82) is 0 Å². The first-order valence-corrected chi connectivity index (χ1v) is 8.88. The van der Waals surface area contributed by atoms with Crippen LogP contribution in [0.3, 0.4) is 0 Å². The van der Waals surface area contributed by atoms with Crippen LogP contribution in [0.1, 0.15) is 30.5 Å². The Morgan fingerprint density at radius 3 is 2.86 bits per heavy atom. The second-order valence-electron chi connectivity index (χ2n) is 6.15. The summed E-state index contributed by atoms with van der Waals surface area (Å²) in [6.07, 6.45) is 0.655. The monoisotopic (exact) mass is 316 g/mol. The summed E-state index contributed by atoms with van der Waals surface area (Å²) >= 11 is 1.74. The van der Waals surface area contributed by atoms with E-state index in [2.05, 4.69) is 58.2 Å². The van der Waals surface area contributed by atoms with E-state index >= 15 is 0 Å². The zero-order valence-electron chi connectivity index (χ0n) is 13.0. The van der Waals surface area contributed by atoms with E-state index in [1.54, 1.807) is 11.3 Å². The molecule has 0 aliphatic carbocycles. The summed E-state index contributed by atoms with van der Waals surface area (Å²) in [4.78, 5) is 2.40. The van der Waals surface area contributed by atoms with Crippen molar-refractivity contribution in [3.63, 3.8) is 0 Å². The van der Waals surface area contributed by atoms with Crippen LogP contribution in [0.15, 0.2) is 47.2 Å². The lowest BCUT2D eigenvalue weighted by Gasteiger charge is -2.26. The summed E-state index contributed by atoms with van der Waals surface area (Å²) in [5, 5.41) is 18.0. The topological polar surface area (TPSA) is 35.5 Å². The highest BCUT2D eigenvalue weighted by Gasteiger charge is 2.30. The number of rotatable bonds is 6. The van der Waals surface area contributed by atoms with E-state index in [9.17, 15) is 5.11 Å². The first kappa shape index (κ1) is 15.7. The molecule has 0 bridgehead atoms. The second-order valence-corrected chi connectivity index (χ2v) is 6.93. The van der Waals surface area contributed by atoms with Crippen LogP contribution >= 0.6 is 11.3 Å². The number of benzene rings is 1. The molecule has 3 rings (SSSR count). The van der Waals surface area contributed by atoms with E-state index in [1.807, 2.05) is 6.07 Å². The molecule has 3 nitrogen and oxygen atoms in total. The lowest BCUT2D eigenvalue weighted by Crippen LogP contribution is -2.38. The smallest absolute Gasteiger partial charge is 0.0682 e. The largest absolute Gasteiger partial charge is 0.392 e. The number of nitrogens with zero attached hydrogens (tertiary/aromatic N) is 1. The molecule has 2 aromatic rings. The normalized spacial score (nSPS) is 23.7. The lowest BCUT2D eigenvalue weighted by molar-refractivity contribution is 0.172. The molecule has 1 saturated heterocycles. The van der Waals surface area contributed by atoms with Crippen LogP contribution in [0.5, 0.6) is 0 Å². The van der Waals surface area contributed by atoms with Crippen molar-refractivity contribution in [2.75, 3.05) is 13.1 Å². The molecule has 0 unspecified atom stereocenters. The number of likely N-dealkylation sites (tertiary alicyclic amines) is 1. The van der Waals surface area contributed by atoms with Gasteiger partial charge in [0.15, 0.2) is 0 Å². The number of hydrogen-bond donors (Lipinski definition) is 2. The predicted octanol–water partition coefficient (Wildman–Crippen LogP) is 3.03. The molecule has 0 spiro atoms. The van der Waals surface area contributed by atoms with Crippen molar-refractivity contribution in [1.82, 2.24) is 10.2 Å². The van der Waals surface area contributed by atoms with Gasteiger partial charge in [0.2, 0.25) is 0 Å². The Balaban J connectivity index is 1.56. The zero-order chi connectivity index (χ0) is 15.4. The predicted molar refractivity (Wildman–Crippen MR) is 92.0 cm³/mol. The van der Waals surface area contributed by atoms with Crippen molar-refractivity contribution in [2.24, 2.45) is 0 Å². The third kappa shape index (κ3) is 3.96. The molecule has 0 amide bonds. The average Bonchev–Trinajstić information content (AvgIpc) is 3.16. The molecule has 2 heterocycles. The maximum absolute atomic E-state index is 10.0. The Morgan fingerprint density at radius 1 is 1.32 bits per heavy atom. The van der Waals surface area contributed by atoms with Gasteiger partial charge in [-0.15, -0.1) is 0 Å². The summed E-state index contributed by atoms with van der Waals surface area (Å²) < 4.78 is 0. The zero-order valence-corrected chi connectivity index (χ0v) is 13.8. The molecule has 1 aliphatic rings. The molecule has 1 fully saturated rings. The van der Waals surface area contributed by atoms with Crippen LogP contribution in [0, 0.1) is 0 Å². The molecule has 118 valence electrons. The second kappa shape index (κ2) is 7.38. The standard InChI is InChI=1S/C18H24N2OS/c1-14(16-7-8-22-13-16)19-10-17-9-18(21)12-20(17)11-15-5-3-2-4-6-15/h2-8,13-14,17-19,21H,9-12H2,1H3/t14-,17+,18-/m0/s1. The van der Waals surface area contributed by atoms with Gasteiger partial charge in [0, 0.05) is 31.7 Å². The number of β-amino-alcohol motifs (C(OH)–C–C–N with tert-alkyl or cyclic N) is 1. The number of hydrogen-bond acceptors (Lipinski definition) is 4. The molecular weight excluding hydrogens is 292 g/mol. The Kier molecular flexibility index (Phi) is 5.26. The quantitative estimate of drug-likeness (QED) is 0.860. The molecule has 0 radical (unpaired) electrons. The number of aliphatic hydroxyl groups is 1. The van der Waals surface area contributed by atoms with Crippen molar-refractivity contribution in [3.8, 4) is 0 Å². The minimum atomic E-state index is -0.202. The maximum Gasteiger partial charge on any atom is 0.0682 e. The van der Waals surface area contributed by atoms with Crippen LogP contribution in [-0.2, 0) is 6.54 Å². The molecule has 0 saturated carbocycles. The van der Waals surface area contributed by atoms with Gasteiger partial charge in [0.05, 0.1) is 6.10 Å². The molecule has 22 heavy (non-hydrogen) atoms. The highest BCUT2D eigenvalue weighted by Crippen LogP contribution is 2.22. The lowest BCUT2D eigenvalue weighted by atomic mass is 10.1. The summed E-state index contributed by atoms with van der Waals surface area (Å²) in [7, 11) is 0. The van der Waals surface area contributed by atoms with E-state index < -0.39 is 0 Å². The van der Waals surface area contributed by atoms with Crippen LogP contribution < -0.4 is 5.32 Å². The summed E-state index contributed by atoms with van der Waals surface area (Å²) in [6, 6.07) is 13.4. The van der Waals surface area contributed by atoms with Gasteiger partial charge in [-0.25, -0.2) is 0 Å². The SMILES string of the molecule is C[C@H](NC[C@H]1C[C@H](O)CN1Cc1ccccc1)c1ccsc1. The fourth-order valence-corrected chi connectivity index (χ4v) is 3.89. The maximum atomic E-state index is 10.0. The average molecular weight is 316 g/mol. The minimum Gasteiger partial charge on any atom is -0.392 e. The van der Waals surface area contributed by atoms with Gasteiger partial charge in [-0.2, -0.15) is 11.3 Å². The molecule has 2 N–H and O–H groups in total. The van der Waals surface area contributed by atoms with Gasteiger partial charge in [-0.3, -0.25) is 4.90 Å². The third-order valence-electron chi connectivity index (χ3n) is 4.44.